The van der Waals surface area contributed by atoms with Gasteiger partial charge in [-0.25, -0.2) is 0 Å². The van der Waals surface area contributed by atoms with Gasteiger partial charge in [-0.3, -0.25) is 0 Å². The van der Waals surface area contributed by atoms with Gasteiger partial charge in [0.15, 0.2) is 0 Å². The zero-order valence-corrected chi connectivity index (χ0v) is 8.38. The predicted octanol–water partition coefficient (Wildman–Crippen LogP) is -0.0125. The molecule has 0 amide bonds. The molecule has 0 nitrogen and oxygen atoms in total. The molecule has 0 aliphatic rings. The summed E-state index contributed by atoms with van der Waals surface area (Å²) in [6, 6.07) is 0. The first-order chi connectivity index (χ1) is 0. The van der Waals surface area contributed by atoms with Crippen molar-refractivity contribution in [2.75, 3.05) is 0 Å². The van der Waals surface area contributed by atoms with Gasteiger partial charge in [-0.15, -0.1) is 0 Å². The van der Waals surface area contributed by atoms with Gasteiger partial charge in [-0.1, -0.05) is 0 Å². The van der Waals surface area contributed by atoms with Crippen molar-refractivity contribution in [3.8, 4) is 0 Å². The van der Waals surface area contributed by atoms with Gasteiger partial charge in [-0.2, -0.15) is 0 Å². The van der Waals surface area contributed by atoms with Crippen molar-refractivity contribution in [1.29, 1.82) is 0 Å². The Balaban J connectivity index is 0. The summed E-state index contributed by atoms with van der Waals surface area (Å²) < 4.78 is 0. The minimum atomic E-state index is 0. The van der Waals surface area contributed by atoms with Gasteiger partial charge < -0.3 is 0 Å². The Hall–Kier alpha value is 3.48. The van der Waals surface area contributed by atoms with Gasteiger partial charge in [0.25, 0.3) is 0 Å². The molecule has 0 saturated heterocycles. The number of rotatable bonds is 0. The van der Waals surface area contributed by atoms with Crippen LogP contribution in [-0.4, -0.2) is 0 Å². The Kier molecular flexibility index (Phi) is 203. The van der Waals surface area contributed by atoms with Gasteiger partial charge in [0.1, 0.15) is 0 Å². The summed E-state index contributed by atoms with van der Waals surface area (Å²) in [5, 5.41) is 0. The molecular weight excluding hydrogens is 495 g/mol. The van der Waals surface area contributed by atoms with Gasteiger partial charge >= 0.3 is 0 Å². The monoisotopic (exact) mass is 491 g/mol. The van der Waals surface area contributed by atoms with E-state index in [0.717, 1.165) is 0 Å². The van der Waals surface area contributed by atoms with Crippen LogP contribution in [-0.2, 0) is 107 Å². The third kappa shape index (κ3) is 18.5. The van der Waals surface area contributed by atoms with Gasteiger partial charge in [0.05, 0.1) is 0 Å². The van der Waals surface area contributed by atoms with Crippen molar-refractivity contribution in [3.63, 3.8) is 0 Å². The molecule has 0 rings (SSSR count). The fraction of sp³-hybridized carbons (Fsp3) is 0. The van der Waals surface area contributed by atoms with Crippen LogP contribution in [0.5, 0.6) is 0 Å². The topological polar surface area (TPSA) is 0 Å². The Labute approximate surface area is 104 Å². The van der Waals surface area contributed by atoms with Crippen LogP contribution in [0, 0.1) is 0 Å². The van der Waals surface area contributed by atoms with Crippen molar-refractivity contribution < 1.29 is 107 Å². The van der Waals surface area contributed by atoms with Crippen molar-refractivity contribution in [3.05, 3.63) is 0 Å². The Bertz CT molecular complexity index is 3.61. The maximum atomic E-state index is 0. The molecule has 5 radical (unpaired) electrons. The SMILES string of the molecule is [Ag].[Ag].[Ag].[Ag].[Cu]. The van der Waals surface area contributed by atoms with Crippen LogP contribution >= 0.6 is 0 Å². The first-order valence-corrected chi connectivity index (χ1v) is 0. The summed E-state index contributed by atoms with van der Waals surface area (Å²) in [5.74, 6) is 0. The molecule has 0 aliphatic carbocycles. The van der Waals surface area contributed by atoms with E-state index >= 15 is 0 Å². The normalized spacial score (nSPS) is 0. The van der Waals surface area contributed by atoms with Crippen molar-refractivity contribution in [2.24, 2.45) is 0 Å². The molecule has 0 saturated carbocycles. The third-order valence-electron chi connectivity index (χ3n) is 0. The van der Waals surface area contributed by atoms with E-state index in [4.69, 9.17) is 0 Å². The molecule has 0 aliphatic heterocycles. The van der Waals surface area contributed by atoms with E-state index in [2.05, 4.69) is 0 Å². The van der Waals surface area contributed by atoms with E-state index in [1.807, 2.05) is 0 Å². The van der Waals surface area contributed by atoms with Crippen LogP contribution in [0.25, 0.3) is 0 Å². The largest absolute Gasteiger partial charge is 0 e. The first-order valence-electron chi connectivity index (χ1n) is 0. The molecule has 0 atom stereocenters. The molecule has 0 spiro atoms. The number of hydrogen-bond acceptors (Lipinski definition) is 0. The van der Waals surface area contributed by atoms with Crippen LogP contribution in [0.4, 0.5) is 0 Å². The van der Waals surface area contributed by atoms with E-state index in [-0.39, 0.29) is 107 Å². The molecule has 5 heavy (non-hydrogen) atoms. The van der Waals surface area contributed by atoms with Gasteiger partial charge in [-0.05, 0) is 0 Å². The molecule has 0 aromatic carbocycles. The molecule has 0 N–H and O–H groups in total. The second-order valence-electron chi connectivity index (χ2n) is 0. The van der Waals surface area contributed by atoms with Crippen molar-refractivity contribution in [2.45, 2.75) is 0 Å². The fourth-order valence-corrected chi connectivity index (χ4v) is 0. The average Bonchev–Trinajstić information content (AvgIpc) is 0. The quantitative estimate of drug-likeness (QED) is 0.416. The van der Waals surface area contributed by atoms with E-state index in [1.165, 1.54) is 0 Å². The van der Waals surface area contributed by atoms with Gasteiger partial charge in [0, 0.05) is 107 Å². The summed E-state index contributed by atoms with van der Waals surface area (Å²) in [6.45, 7) is 0. The second kappa shape index (κ2) is 25.9. The molecule has 5 heteroatoms. The Morgan fingerprint density at radius 3 is 0.400 bits per heavy atom. The average molecular weight is 495 g/mol. The maximum Gasteiger partial charge on any atom is 0 e. The summed E-state index contributed by atoms with van der Waals surface area (Å²) >= 11 is 0. The second-order valence-corrected chi connectivity index (χ2v) is 0. The maximum absolute atomic E-state index is 0. The molecule has 0 unspecified atom stereocenters. The Morgan fingerprint density at radius 2 is 0.400 bits per heavy atom. The standard InChI is InChI=1S/4Ag.Cu. The minimum Gasteiger partial charge on any atom is 0 e. The van der Waals surface area contributed by atoms with Crippen LogP contribution in [0.15, 0.2) is 0 Å². The summed E-state index contributed by atoms with van der Waals surface area (Å²) in [5.41, 5.74) is 0. The molecule has 0 heterocycles. The van der Waals surface area contributed by atoms with Crippen LogP contribution in [0.3, 0.4) is 0 Å². The van der Waals surface area contributed by atoms with Crippen molar-refractivity contribution in [1.82, 2.24) is 0 Å². The third-order valence-corrected chi connectivity index (χ3v) is 0. The molecule has 0 bridgehead atoms. The molecule has 0 aromatic rings. The van der Waals surface area contributed by atoms with Crippen LogP contribution in [0.2, 0.25) is 0 Å². The zero-order valence-electron chi connectivity index (χ0n) is 1.51. The summed E-state index contributed by atoms with van der Waals surface area (Å²) in [4.78, 5) is 0. The van der Waals surface area contributed by atoms with Crippen LogP contribution < -0.4 is 0 Å². The summed E-state index contributed by atoms with van der Waals surface area (Å²) in [7, 11) is 0. The van der Waals surface area contributed by atoms with E-state index in [0.29, 0.717) is 0 Å². The first kappa shape index (κ1) is 39.2. The van der Waals surface area contributed by atoms with E-state index < -0.39 is 0 Å². The van der Waals surface area contributed by atoms with Crippen LogP contribution in [0.1, 0.15) is 0 Å². The smallest absolute Gasteiger partial charge is 0 e. The number of hydrogen-bond donors (Lipinski definition) is 0. The molecular formula is Ag4Cu. The Morgan fingerprint density at radius 1 is 0.400 bits per heavy atom. The zero-order chi connectivity index (χ0) is 0. The van der Waals surface area contributed by atoms with E-state index in [1.54, 1.807) is 0 Å². The molecule has 55 valence electrons. The fourth-order valence-electron chi connectivity index (χ4n) is 0. The minimum absolute atomic E-state index is 0. The molecule has 0 fully saturated rings. The molecule has 0 aromatic heterocycles. The predicted molar refractivity (Wildman–Crippen MR) is 0 cm³/mol. The van der Waals surface area contributed by atoms with E-state index in [9.17, 15) is 0 Å². The summed E-state index contributed by atoms with van der Waals surface area (Å²) in [6.07, 6.45) is 0. The van der Waals surface area contributed by atoms with Gasteiger partial charge in [0.2, 0.25) is 0 Å². The van der Waals surface area contributed by atoms with Crippen molar-refractivity contribution >= 4 is 0 Å².